The Balaban J connectivity index is 2.13. The summed E-state index contributed by atoms with van der Waals surface area (Å²) in [5.41, 5.74) is 0.278. The van der Waals surface area contributed by atoms with Crippen molar-refractivity contribution in [3.8, 4) is 0 Å². The smallest absolute Gasteiger partial charge is 0.252 e. The first-order valence-corrected chi connectivity index (χ1v) is 12.3. The molecule has 1 heterocycles. The van der Waals surface area contributed by atoms with E-state index in [9.17, 15) is 21.6 Å². The number of carbonyl (C=O) groups excluding carboxylic acids is 1. The van der Waals surface area contributed by atoms with Crippen molar-refractivity contribution in [2.45, 2.75) is 23.0 Å². The van der Waals surface area contributed by atoms with Gasteiger partial charge in [0.05, 0.1) is 11.4 Å². The first-order chi connectivity index (χ1) is 13.1. The van der Waals surface area contributed by atoms with E-state index in [-0.39, 0.29) is 14.8 Å². The molecule has 28 heavy (non-hydrogen) atoms. The molecule has 0 aliphatic carbocycles. The van der Waals surface area contributed by atoms with Gasteiger partial charge in [0.1, 0.15) is 4.21 Å². The lowest BCUT2D eigenvalue weighted by Crippen LogP contribution is -2.34. The van der Waals surface area contributed by atoms with E-state index in [4.69, 9.17) is 0 Å². The third-order valence-corrected chi connectivity index (χ3v) is 9.21. The van der Waals surface area contributed by atoms with E-state index in [1.54, 1.807) is 31.4 Å². The molecule has 2 rings (SSSR count). The van der Waals surface area contributed by atoms with Gasteiger partial charge in [0.15, 0.2) is 0 Å². The van der Waals surface area contributed by atoms with Gasteiger partial charge < -0.3 is 5.32 Å². The van der Waals surface area contributed by atoms with Crippen molar-refractivity contribution < 1.29 is 21.6 Å². The zero-order valence-corrected chi connectivity index (χ0v) is 18.3. The van der Waals surface area contributed by atoms with Gasteiger partial charge in [-0.15, -0.1) is 11.3 Å². The maximum Gasteiger partial charge on any atom is 0.252 e. The van der Waals surface area contributed by atoms with Crippen LogP contribution in [0.1, 0.15) is 13.8 Å². The third kappa shape index (κ3) is 4.97. The molecule has 0 saturated carbocycles. The number of hydrogen-bond acceptors (Lipinski definition) is 6. The van der Waals surface area contributed by atoms with E-state index >= 15 is 0 Å². The highest BCUT2D eigenvalue weighted by molar-refractivity contribution is 7.91. The molecule has 0 fully saturated rings. The molecule has 0 unspecified atom stereocenters. The molecular formula is C17H23N3O5S3. The van der Waals surface area contributed by atoms with Gasteiger partial charge in [0.2, 0.25) is 15.9 Å². The van der Waals surface area contributed by atoms with Crippen LogP contribution in [-0.4, -0.2) is 58.0 Å². The summed E-state index contributed by atoms with van der Waals surface area (Å²) in [4.78, 5) is 12.3. The molecule has 1 N–H and O–H groups in total. The number of nitrogens with one attached hydrogen (secondary N) is 1. The van der Waals surface area contributed by atoms with Crippen molar-refractivity contribution >= 4 is 43.0 Å². The largest absolute Gasteiger partial charge is 0.325 e. The summed E-state index contributed by atoms with van der Waals surface area (Å²) in [6.07, 6.45) is 0. The minimum absolute atomic E-state index is 0.0635. The Kier molecular flexibility index (Phi) is 7.34. The highest BCUT2D eigenvalue weighted by Gasteiger charge is 2.25. The van der Waals surface area contributed by atoms with Gasteiger partial charge in [0, 0.05) is 25.8 Å². The van der Waals surface area contributed by atoms with Crippen LogP contribution in [0.5, 0.6) is 0 Å². The summed E-state index contributed by atoms with van der Waals surface area (Å²) in [5, 5.41) is 4.19. The van der Waals surface area contributed by atoms with E-state index in [0.29, 0.717) is 13.1 Å². The fourth-order valence-corrected chi connectivity index (χ4v) is 6.33. The standard InChI is InChI=1S/C17H23N3O5S3/c1-4-20(5-2)27(22,23)15-9-6-8-14(12-15)18-16(21)13-19(3)28(24,25)17-10-7-11-26-17/h6-12H,4-5,13H2,1-3H3,(H,18,21). The Morgan fingerprint density at radius 1 is 1.04 bits per heavy atom. The van der Waals surface area contributed by atoms with Crippen LogP contribution in [0.3, 0.4) is 0 Å². The van der Waals surface area contributed by atoms with Gasteiger partial charge in [-0.25, -0.2) is 16.8 Å². The number of sulfonamides is 2. The Morgan fingerprint density at radius 2 is 1.71 bits per heavy atom. The molecule has 1 amide bonds. The highest BCUT2D eigenvalue weighted by Crippen LogP contribution is 2.21. The van der Waals surface area contributed by atoms with Gasteiger partial charge in [0.25, 0.3) is 10.0 Å². The zero-order valence-electron chi connectivity index (χ0n) is 15.8. The number of rotatable bonds is 9. The maximum atomic E-state index is 12.6. The van der Waals surface area contributed by atoms with Gasteiger partial charge in [-0.1, -0.05) is 26.0 Å². The number of thiophene rings is 1. The molecular weight excluding hydrogens is 422 g/mol. The van der Waals surface area contributed by atoms with E-state index < -0.39 is 32.5 Å². The van der Waals surface area contributed by atoms with E-state index in [1.807, 2.05) is 0 Å². The zero-order chi connectivity index (χ0) is 20.9. The molecule has 8 nitrogen and oxygen atoms in total. The second-order valence-electron chi connectivity index (χ2n) is 5.86. The quantitative estimate of drug-likeness (QED) is 0.636. The number of benzene rings is 1. The number of likely N-dealkylation sites (N-methyl/N-ethyl adjacent to an activating group) is 1. The molecule has 1 aromatic heterocycles. The maximum absolute atomic E-state index is 12.6. The fraction of sp³-hybridized carbons (Fsp3) is 0.353. The molecule has 0 aliphatic rings. The van der Waals surface area contributed by atoms with E-state index in [1.165, 1.54) is 35.6 Å². The van der Waals surface area contributed by atoms with Crippen LogP contribution >= 0.6 is 11.3 Å². The average molecular weight is 446 g/mol. The first-order valence-electron chi connectivity index (χ1n) is 8.52. The van der Waals surface area contributed by atoms with Gasteiger partial charge in [-0.2, -0.15) is 8.61 Å². The van der Waals surface area contributed by atoms with Crippen LogP contribution < -0.4 is 5.32 Å². The number of anilines is 1. The predicted octanol–water partition coefficient (Wildman–Crippen LogP) is 2.04. The van der Waals surface area contributed by atoms with Crippen LogP contribution in [0.25, 0.3) is 0 Å². The SMILES string of the molecule is CCN(CC)S(=O)(=O)c1cccc(NC(=O)CN(C)S(=O)(=O)c2cccs2)c1. The number of hydrogen-bond donors (Lipinski definition) is 1. The molecule has 154 valence electrons. The van der Waals surface area contributed by atoms with Gasteiger partial charge in [-0.3, -0.25) is 4.79 Å². The minimum atomic E-state index is -3.74. The Labute approximate surface area is 169 Å². The third-order valence-electron chi connectivity index (χ3n) is 3.99. The summed E-state index contributed by atoms with van der Waals surface area (Å²) in [6, 6.07) is 8.98. The van der Waals surface area contributed by atoms with Crippen molar-refractivity contribution in [3.05, 3.63) is 41.8 Å². The van der Waals surface area contributed by atoms with E-state index in [0.717, 1.165) is 15.6 Å². The predicted molar refractivity (Wildman–Crippen MR) is 109 cm³/mol. The van der Waals surface area contributed by atoms with Crippen molar-refractivity contribution in [1.29, 1.82) is 0 Å². The normalized spacial score (nSPS) is 12.5. The van der Waals surface area contributed by atoms with Gasteiger partial charge >= 0.3 is 0 Å². The molecule has 2 aromatic rings. The summed E-state index contributed by atoms with van der Waals surface area (Å²) in [6.45, 7) is 3.77. The lowest BCUT2D eigenvalue weighted by Gasteiger charge is -2.19. The summed E-state index contributed by atoms with van der Waals surface area (Å²) >= 11 is 1.07. The molecule has 0 atom stereocenters. The summed E-state index contributed by atoms with van der Waals surface area (Å²) in [7, 11) is -6.09. The van der Waals surface area contributed by atoms with Crippen molar-refractivity contribution in [2.24, 2.45) is 0 Å². The van der Waals surface area contributed by atoms with E-state index in [2.05, 4.69) is 5.32 Å². The lowest BCUT2D eigenvalue weighted by atomic mass is 10.3. The Hall–Kier alpha value is -1.79. The molecule has 0 radical (unpaired) electrons. The van der Waals surface area contributed by atoms with Crippen molar-refractivity contribution in [1.82, 2.24) is 8.61 Å². The fourth-order valence-electron chi connectivity index (χ4n) is 2.50. The average Bonchev–Trinajstić information content (AvgIpc) is 3.18. The number of nitrogens with zero attached hydrogens (tertiary/aromatic N) is 2. The first kappa shape index (κ1) is 22.5. The van der Waals surface area contributed by atoms with Crippen LogP contribution in [0.4, 0.5) is 5.69 Å². The van der Waals surface area contributed by atoms with Crippen LogP contribution in [0.15, 0.2) is 50.9 Å². The molecule has 0 spiro atoms. The molecule has 11 heteroatoms. The van der Waals surface area contributed by atoms with Crippen molar-refractivity contribution in [2.75, 3.05) is 32.0 Å². The Morgan fingerprint density at radius 3 is 2.29 bits per heavy atom. The molecule has 1 aromatic carbocycles. The van der Waals surface area contributed by atoms with Crippen LogP contribution in [-0.2, 0) is 24.8 Å². The minimum Gasteiger partial charge on any atom is -0.325 e. The molecule has 0 saturated heterocycles. The monoisotopic (exact) mass is 445 g/mol. The number of amides is 1. The highest BCUT2D eigenvalue weighted by atomic mass is 32.2. The lowest BCUT2D eigenvalue weighted by molar-refractivity contribution is -0.116. The number of carbonyl (C=O) groups is 1. The van der Waals surface area contributed by atoms with Crippen molar-refractivity contribution in [3.63, 3.8) is 0 Å². The summed E-state index contributed by atoms with van der Waals surface area (Å²) < 4.78 is 52.4. The molecule has 0 aliphatic heterocycles. The second-order valence-corrected chi connectivity index (χ2v) is 11.0. The second kappa shape index (κ2) is 9.14. The topological polar surface area (TPSA) is 104 Å². The molecule has 0 bridgehead atoms. The summed E-state index contributed by atoms with van der Waals surface area (Å²) in [5.74, 6) is -0.569. The van der Waals surface area contributed by atoms with Crippen LogP contribution in [0, 0.1) is 0 Å². The van der Waals surface area contributed by atoms with Crippen LogP contribution in [0.2, 0.25) is 0 Å². The Bertz CT molecular complexity index is 1010. The van der Waals surface area contributed by atoms with Gasteiger partial charge in [-0.05, 0) is 29.6 Å².